The molecule has 1 aromatic carbocycles. The normalized spacial score (nSPS) is 17.3. The maximum absolute atomic E-state index is 12.0. The van der Waals surface area contributed by atoms with E-state index in [4.69, 9.17) is 4.74 Å². The Morgan fingerprint density at radius 2 is 1.84 bits per heavy atom. The zero-order valence-electron chi connectivity index (χ0n) is 19.7. The summed E-state index contributed by atoms with van der Waals surface area (Å²) in [5, 5.41) is 10.7. The molecule has 0 saturated carbocycles. The molecule has 1 aliphatic carbocycles. The molecule has 0 spiro atoms. The molecule has 1 aromatic rings. The summed E-state index contributed by atoms with van der Waals surface area (Å²) in [5.41, 5.74) is 5.76. The quantitative estimate of drug-likeness (QED) is 0.143. The zero-order valence-corrected chi connectivity index (χ0v) is 19.7. The summed E-state index contributed by atoms with van der Waals surface area (Å²) in [6.45, 7) is 10.8. The molecule has 0 atom stereocenters. The first kappa shape index (κ1) is 25.1. The van der Waals surface area contributed by atoms with Crippen molar-refractivity contribution in [2.24, 2.45) is 5.41 Å². The summed E-state index contributed by atoms with van der Waals surface area (Å²) in [6, 6.07) is 5.94. The number of hydrogen-bond acceptors (Lipinski definition) is 4. The molecule has 0 N–H and O–H groups in total. The number of nitrogens with zero attached hydrogens (tertiary/aromatic N) is 1. The summed E-state index contributed by atoms with van der Waals surface area (Å²) < 4.78 is 5.21. The van der Waals surface area contributed by atoms with Gasteiger partial charge in [-0.15, -0.1) is 0 Å². The highest BCUT2D eigenvalue weighted by Gasteiger charge is 2.26. The number of carbonyl (C=O) groups excluding carboxylic acids is 1. The molecule has 0 aliphatic heterocycles. The number of nitro groups is 1. The maximum Gasteiger partial charge on any atom is 0.331 e. The topological polar surface area (TPSA) is 69.4 Å². The van der Waals surface area contributed by atoms with Crippen LogP contribution in [0.2, 0.25) is 0 Å². The Kier molecular flexibility index (Phi) is 8.94. The number of esters is 1. The van der Waals surface area contributed by atoms with Crippen molar-refractivity contribution in [3.05, 3.63) is 98.7 Å². The Hall–Kier alpha value is -3.21. The number of hydrogen-bond donors (Lipinski definition) is 0. The molecule has 2 rings (SSSR count). The minimum Gasteiger partial charge on any atom is -0.458 e. The lowest BCUT2D eigenvalue weighted by Gasteiger charge is -2.32. The third-order valence-corrected chi connectivity index (χ3v) is 5.65. The van der Waals surface area contributed by atoms with E-state index in [1.807, 2.05) is 25.2 Å². The molecule has 0 saturated heterocycles. The smallest absolute Gasteiger partial charge is 0.331 e. The average molecular weight is 436 g/mol. The van der Waals surface area contributed by atoms with Crippen molar-refractivity contribution >= 4 is 11.7 Å². The van der Waals surface area contributed by atoms with E-state index in [1.165, 1.54) is 48.6 Å². The van der Waals surface area contributed by atoms with Gasteiger partial charge in [-0.25, -0.2) is 4.79 Å². The molecule has 170 valence electrons. The molecule has 0 bridgehead atoms. The minimum atomic E-state index is -0.463. The van der Waals surface area contributed by atoms with Gasteiger partial charge in [0.1, 0.15) is 6.61 Å². The van der Waals surface area contributed by atoms with Gasteiger partial charge < -0.3 is 4.74 Å². The van der Waals surface area contributed by atoms with Crippen molar-refractivity contribution in [1.82, 2.24) is 0 Å². The van der Waals surface area contributed by atoms with Crippen molar-refractivity contribution in [2.75, 3.05) is 0 Å². The largest absolute Gasteiger partial charge is 0.458 e. The van der Waals surface area contributed by atoms with Crippen LogP contribution in [0.4, 0.5) is 5.69 Å². The van der Waals surface area contributed by atoms with Gasteiger partial charge in [-0.05, 0) is 74.3 Å². The van der Waals surface area contributed by atoms with Gasteiger partial charge in [0.2, 0.25) is 0 Å². The fourth-order valence-corrected chi connectivity index (χ4v) is 3.78. The van der Waals surface area contributed by atoms with E-state index in [-0.39, 0.29) is 17.7 Å². The number of benzene rings is 1. The minimum absolute atomic E-state index is 0.00783. The number of non-ortho nitro benzene ring substituents is 1. The van der Waals surface area contributed by atoms with E-state index in [9.17, 15) is 14.9 Å². The summed E-state index contributed by atoms with van der Waals surface area (Å²) in [4.78, 5) is 22.2. The Bertz CT molecular complexity index is 989. The highest BCUT2D eigenvalue weighted by molar-refractivity contribution is 5.83. The lowest BCUT2D eigenvalue weighted by atomic mass is 9.72. The van der Waals surface area contributed by atoms with E-state index in [0.717, 1.165) is 11.1 Å². The van der Waals surface area contributed by atoms with Crippen LogP contribution in [0.15, 0.2) is 83.0 Å². The third kappa shape index (κ3) is 7.80. The molecule has 0 unspecified atom stereocenters. The Morgan fingerprint density at radius 3 is 2.47 bits per heavy atom. The highest BCUT2D eigenvalue weighted by Crippen LogP contribution is 2.40. The van der Waals surface area contributed by atoms with Crippen molar-refractivity contribution in [1.29, 1.82) is 0 Å². The standard InChI is InChI=1S/C27H33NO4/c1-20(11-16-25-22(3)10-7-17-27(25,4)5)8-6-9-21(2)18-26(29)32-19-23-12-14-24(15-13-23)28(30)31/h6,8-9,11-16,18H,7,10,17,19H2,1-5H3/b9-6+,16-11+,20-8-,21-18-. The first-order valence-electron chi connectivity index (χ1n) is 10.9. The Morgan fingerprint density at radius 1 is 1.16 bits per heavy atom. The number of allylic oxidation sites excluding steroid dienone is 9. The fraction of sp³-hybridized carbons (Fsp3) is 0.370. The zero-order chi connectivity index (χ0) is 23.7. The van der Waals surface area contributed by atoms with Crippen LogP contribution in [-0.2, 0) is 16.1 Å². The molecule has 0 radical (unpaired) electrons. The van der Waals surface area contributed by atoms with Crippen molar-refractivity contribution < 1.29 is 14.5 Å². The first-order valence-corrected chi connectivity index (χ1v) is 10.9. The number of ether oxygens (including phenoxy) is 1. The van der Waals surface area contributed by atoms with Gasteiger partial charge in [-0.2, -0.15) is 0 Å². The molecule has 1 aliphatic rings. The third-order valence-electron chi connectivity index (χ3n) is 5.65. The molecule has 0 heterocycles. The lowest BCUT2D eigenvalue weighted by Crippen LogP contribution is -2.19. The van der Waals surface area contributed by atoms with E-state index >= 15 is 0 Å². The van der Waals surface area contributed by atoms with Gasteiger partial charge in [0.25, 0.3) is 5.69 Å². The Balaban J connectivity index is 1.89. The van der Waals surface area contributed by atoms with Crippen LogP contribution in [0.3, 0.4) is 0 Å². The predicted octanol–water partition coefficient (Wildman–Crippen LogP) is 7.17. The monoisotopic (exact) mass is 435 g/mol. The van der Waals surface area contributed by atoms with Gasteiger partial charge in [-0.3, -0.25) is 10.1 Å². The molecule has 0 aromatic heterocycles. The second-order valence-corrected chi connectivity index (χ2v) is 8.95. The molecule has 5 heteroatoms. The summed E-state index contributed by atoms with van der Waals surface area (Å²) in [6.07, 6.45) is 15.3. The van der Waals surface area contributed by atoms with Crippen molar-refractivity contribution in [2.45, 2.75) is 60.5 Å². The van der Waals surface area contributed by atoms with Crippen LogP contribution >= 0.6 is 0 Å². The highest BCUT2D eigenvalue weighted by atomic mass is 16.6. The van der Waals surface area contributed by atoms with Gasteiger partial charge in [0.05, 0.1) is 4.92 Å². The molecule has 0 amide bonds. The van der Waals surface area contributed by atoms with E-state index in [2.05, 4.69) is 39.8 Å². The van der Waals surface area contributed by atoms with Gasteiger partial charge in [-0.1, -0.05) is 55.4 Å². The van der Waals surface area contributed by atoms with E-state index < -0.39 is 10.9 Å². The fourth-order valence-electron chi connectivity index (χ4n) is 3.78. The SMILES string of the molecule is CC1=C(/C=C/C(C)=C\C=C\C(C)=C/C(=O)OCc2ccc([N+](=O)[O-])cc2)C(C)(C)CCC1. The molecular formula is C27H33NO4. The maximum atomic E-state index is 12.0. The van der Waals surface area contributed by atoms with Gasteiger partial charge >= 0.3 is 5.97 Å². The van der Waals surface area contributed by atoms with Crippen LogP contribution in [0.5, 0.6) is 0 Å². The molecular weight excluding hydrogens is 402 g/mol. The lowest BCUT2D eigenvalue weighted by molar-refractivity contribution is -0.384. The van der Waals surface area contributed by atoms with Crippen LogP contribution < -0.4 is 0 Å². The van der Waals surface area contributed by atoms with Gasteiger partial charge in [0.15, 0.2) is 0 Å². The first-order chi connectivity index (χ1) is 15.1. The number of carbonyl (C=O) groups is 1. The van der Waals surface area contributed by atoms with Crippen molar-refractivity contribution in [3.8, 4) is 0 Å². The summed E-state index contributed by atoms with van der Waals surface area (Å²) >= 11 is 0. The van der Waals surface area contributed by atoms with Crippen LogP contribution in [-0.4, -0.2) is 10.9 Å². The predicted molar refractivity (Wildman–Crippen MR) is 129 cm³/mol. The molecule has 0 fully saturated rings. The summed E-state index contributed by atoms with van der Waals surface area (Å²) in [7, 11) is 0. The van der Waals surface area contributed by atoms with E-state index in [0.29, 0.717) is 5.56 Å². The number of rotatable bonds is 8. The number of nitro benzene ring substituents is 1. The average Bonchev–Trinajstić information content (AvgIpc) is 2.71. The molecule has 5 nitrogen and oxygen atoms in total. The van der Waals surface area contributed by atoms with Gasteiger partial charge in [0, 0.05) is 18.2 Å². The van der Waals surface area contributed by atoms with Crippen LogP contribution in [0, 0.1) is 15.5 Å². The second kappa shape index (κ2) is 11.4. The van der Waals surface area contributed by atoms with Crippen molar-refractivity contribution in [3.63, 3.8) is 0 Å². The Labute approximate surface area is 191 Å². The van der Waals surface area contributed by atoms with Crippen LogP contribution in [0.1, 0.15) is 59.4 Å². The molecule has 32 heavy (non-hydrogen) atoms. The summed E-state index contributed by atoms with van der Waals surface area (Å²) in [5.74, 6) is -0.451. The van der Waals surface area contributed by atoms with Crippen LogP contribution in [0.25, 0.3) is 0 Å². The second-order valence-electron chi connectivity index (χ2n) is 8.95. The van der Waals surface area contributed by atoms with E-state index in [1.54, 1.807) is 12.1 Å².